The van der Waals surface area contributed by atoms with E-state index in [2.05, 4.69) is 4.98 Å². The SMILES string of the molecule is O=S(=O)(c1ccccc1Cl)N1CCCC(COc2ccncc2)C1. The summed E-state index contributed by atoms with van der Waals surface area (Å²) >= 11 is 6.07. The van der Waals surface area contributed by atoms with Crippen molar-refractivity contribution in [1.29, 1.82) is 0 Å². The van der Waals surface area contributed by atoms with E-state index in [1.54, 1.807) is 48.8 Å². The number of hydrogen-bond acceptors (Lipinski definition) is 4. The van der Waals surface area contributed by atoms with Crippen LogP contribution in [-0.2, 0) is 10.0 Å². The second-order valence-corrected chi connectivity index (χ2v) is 8.11. The molecule has 2 aromatic rings. The molecule has 3 rings (SSSR count). The zero-order valence-electron chi connectivity index (χ0n) is 13.1. The van der Waals surface area contributed by atoms with Gasteiger partial charge in [0.2, 0.25) is 10.0 Å². The lowest BCUT2D eigenvalue weighted by atomic mass is 10.0. The summed E-state index contributed by atoms with van der Waals surface area (Å²) in [6.07, 6.45) is 5.10. The van der Waals surface area contributed by atoms with Gasteiger partial charge in [-0.25, -0.2) is 8.42 Å². The van der Waals surface area contributed by atoms with Crippen LogP contribution < -0.4 is 4.74 Å². The van der Waals surface area contributed by atoms with Gasteiger partial charge < -0.3 is 4.74 Å². The third-order valence-electron chi connectivity index (χ3n) is 4.07. The van der Waals surface area contributed by atoms with E-state index in [-0.39, 0.29) is 15.8 Å². The molecule has 1 saturated heterocycles. The number of aromatic nitrogens is 1. The molecule has 0 bridgehead atoms. The Balaban J connectivity index is 1.68. The van der Waals surface area contributed by atoms with Gasteiger partial charge in [-0.05, 0) is 37.1 Å². The van der Waals surface area contributed by atoms with E-state index in [1.807, 2.05) is 0 Å². The van der Waals surface area contributed by atoms with Gasteiger partial charge in [-0.2, -0.15) is 4.31 Å². The van der Waals surface area contributed by atoms with E-state index in [4.69, 9.17) is 16.3 Å². The lowest BCUT2D eigenvalue weighted by molar-refractivity contribution is 0.180. The summed E-state index contributed by atoms with van der Waals surface area (Å²) in [6, 6.07) is 10.1. The van der Waals surface area contributed by atoms with Crippen molar-refractivity contribution in [3.05, 3.63) is 53.8 Å². The lowest BCUT2D eigenvalue weighted by Crippen LogP contribution is -2.41. The fraction of sp³-hybridized carbons (Fsp3) is 0.353. The zero-order valence-corrected chi connectivity index (χ0v) is 14.7. The molecule has 1 fully saturated rings. The van der Waals surface area contributed by atoms with Crippen molar-refractivity contribution in [3.8, 4) is 5.75 Å². The number of hydrogen-bond donors (Lipinski definition) is 0. The number of nitrogens with zero attached hydrogens (tertiary/aromatic N) is 2. The number of halogens is 1. The lowest BCUT2D eigenvalue weighted by Gasteiger charge is -2.32. The van der Waals surface area contributed by atoms with Gasteiger partial charge in [0.15, 0.2) is 0 Å². The zero-order chi connectivity index (χ0) is 17.0. The normalized spacial score (nSPS) is 19.1. The maximum atomic E-state index is 12.8. The molecule has 24 heavy (non-hydrogen) atoms. The molecule has 0 N–H and O–H groups in total. The molecule has 0 aliphatic carbocycles. The molecule has 1 unspecified atom stereocenters. The number of rotatable bonds is 5. The Morgan fingerprint density at radius 3 is 2.71 bits per heavy atom. The molecule has 7 heteroatoms. The highest BCUT2D eigenvalue weighted by Crippen LogP contribution is 2.28. The summed E-state index contributed by atoms with van der Waals surface area (Å²) < 4.78 is 32.9. The minimum Gasteiger partial charge on any atom is -0.493 e. The molecule has 1 aromatic heterocycles. The number of ether oxygens (including phenoxy) is 1. The summed E-state index contributed by atoms with van der Waals surface area (Å²) in [6.45, 7) is 1.44. The minimum atomic E-state index is -3.57. The first-order valence-electron chi connectivity index (χ1n) is 7.85. The van der Waals surface area contributed by atoms with Crippen molar-refractivity contribution in [1.82, 2.24) is 9.29 Å². The molecule has 2 heterocycles. The average Bonchev–Trinajstić information content (AvgIpc) is 2.61. The van der Waals surface area contributed by atoms with E-state index in [0.29, 0.717) is 19.7 Å². The first kappa shape index (κ1) is 17.2. The van der Waals surface area contributed by atoms with Crippen molar-refractivity contribution in [2.45, 2.75) is 17.7 Å². The first-order chi connectivity index (χ1) is 11.6. The molecule has 1 atom stereocenters. The van der Waals surface area contributed by atoms with Crippen LogP contribution in [0.2, 0.25) is 5.02 Å². The Kier molecular flexibility index (Phi) is 5.38. The topological polar surface area (TPSA) is 59.5 Å². The number of sulfonamides is 1. The quantitative estimate of drug-likeness (QED) is 0.815. The van der Waals surface area contributed by atoms with Crippen LogP contribution in [0.15, 0.2) is 53.7 Å². The highest BCUT2D eigenvalue weighted by molar-refractivity contribution is 7.89. The van der Waals surface area contributed by atoms with Gasteiger partial charge in [0.25, 0.3) is 0 Å². The van der Waals surface area contributed by atoms with Crippen LogP contribution in [0.1, 0.15) is 12.8 Å². The largest absolute Gasteiger partial charge is 0.493 e. The molecular weight excluding hydrogens is 348 g/mol. The van der Waals surface area contributed by atoms with Crippen LogP contribution in [0, 0.1) is 5.92 Å². The number of benzene rings is 1. The van der Waals surface area contributed by atoms with Crippen LogP contribution in [0.4, 0.5) is 0 Å². The van der Waals surface area contributed by atoms with Gasteiger partial charge in [-0.1, -0.05) is 23.7 Å². The van der Waals surface area contributed by atoms with Crippen molar-refractivity contribution < 1.29 is 13.2 Å². The Morgan fingerprint density at radius 1 is 1.21 bits per heavy atom. The fourth-order valence-corrected chi connectivity index (χ4v) is 4.87. The molecule has 0 spiro atoms. The van der Waals surface area contributed by atoms with Gasteiger partial charge in [0, 0.05) is 31.4 Å². The number of piperidine rings is 1. The molecule has 1 aliphatic rings. The summed E-state index contributed by atoms with van der Waals surface area (Å²) in [5.41, 5.74) is 0. The molecule has 128 valence electrons. The third kappa shape index (κ3) is 3.88. The van der Waals surface area contributed by atoms with Crippen LogP contribution in [0.3, 0.4) is 0 Å². The van der Waals surface area contributed by atoms with Gasteiger partial charge in [0.05, 0.1) is 11.6 Å². The monoisotopic (exact) mass is 366 g/mol. The van der Waals surface area contributed by atoms with Gasteiger partial charge >= 0.3 is 0 Å². The first-order valence-corrected chi connectivity index (χ1v) is 9.66. The van der Waals surface area contributed by atoms with Crippen LogP contribution in [0.25, 0.3) is 0 Å². The van der Waals surface area contributed by atoms with E-state index < -0.39 is 10.0 Å². The molecule has 0 saturated carbocycles. The Bertz CT molecular complexity index is 783. The molecule has 1 aromatic carbocycles. The average molecular weight is 367 g/mol. The number of pyridine rings is 1. The predicted octanol–water partition coefficient (Wildman–Crippen LogP) is 3.21. The molecular formula is C17H19ClN2O3S. The third-order valence-corrected chi connectivity index (χ3v) is 6.44. The van der Waals surface area contributed by atoms with Crippen LogP contribution >= 0.6 is 11.6 Å². The van der Waals surface area contributed by atoms with Crippen LogP contribution in [0.5, 0.6) is 5.75 Å². The van der Waals surface area contributed by atoms with Gasteiger partial charge in [-0.3, -0.25) is 4.98 Å². The van der Waals surface area contributed by atoms with Crippen molar-refractivity contribution in [2.75, 3.05) is 19.7 Å². The highest BCUT2D eigenvalue weighted by Gasteiger charge is 2.31. The standard InChI is InChI=1S/C17H19ClN2O3S/c18-16-5-1-2-6-17(16)24(21,22)20-11-3-4-14(12-20)13-23-15-7-9-19-10-8-15/h1-2,5-10,14H,3-4,11-13H2. The maximum Gasteiger partial charge on any atom is 0.244 e. The van der Waals surface area contributed by atoms with Gasteiger partial charge in [-0.15, -0.1) is 0 Å². The Labute approximate surface area is 147 Å². The Hall–Kier alpha value is -1.63. The Morgan fingerprint density at radius 2 is 1.96 bits per heavy atom. The summed E-state index contributed by atoms with van der Waals surface area (Å²) in [5, 5.41) is 0.257. The van der Waals surface area contributed by atoms with Crippen LogP contribution in [-0.4, -0.2) is 37.4 Å². The van der Waals surface area contributed by atoms with E-state index in [1.165, 1.54) is 4.31 Å². The van der Waals surface area contributed by atoms with Crippen molar-refractivity contribution in [3.63, 3.8) is 0 Å². The summed E-state index contributed by atoms with van der Waals surface area (Å²) in [7, 11) is -3.57. The van der Waals surface area contributed by atoms with E-state index in [9.17, 15) is 8.42 Å². The predicted molar refractivity (Wildman–Crippen MR) is 92.7 cm³/mol. The second-order valence-electron chi connectivity index (χ2n) is 5.80. The van der Waals surface area contributed by atoms with E-state index >= 15 is 0 Å². The molecule has 1 aliphatic heterocycles. The fourth-order valence-electron chi connectivity index (χ4n) is 2.82. The highest BCUT2D eigenvalue weighted by atomic mass is 35.5. The molecule has 0 radical (unpaired) electrons. The summed E-state index contributed by atoms with van der Waals surface area (Å²) in [5.74, 6) is 0.903. The second kappa shape index (κ2) is 7.51. The molecule has 0 amide bonds. The van der Waals surface area contributed by atoms with Crippen molar-refractivity contribution >= 4 is 21.6 Å². The smallest absolute Gasteiger partial charge is 0.244 e. The summed E-state index contributed by atoms with van der Waals surface area (Å²) in [4.78, 5) is 4.12. The maximum absolute atomic E-state index is 12.8. The minimum absolute atomic E-state index is 0.157. The van der Waals surface area contributed by atoms with E-state index in [0.717, 1.165) is 18.6 Å². The van der Waals surface area contributed by atoms with Crippen molar-refractivity contribution in [2.24, 2.45) is 5.92 Å². The van der Waals surface area contributed by atoms with Gasteiger partial charge in [0.1, 0.15) is 10.6 Å². The molecule has 5 nitrogen and oxygen atoms in total.